The molecular weight excluding hydrogens is 569 g/mol. The number of aliphatic carboxylic acids is 1. The van der Waals surface area contributed by atoms with Crippen LogP contribution >= 0.6 is 22.9 Å². The predicted octanol–water partition coefficient (Wildman–Crippen LogP) is 5.26. The zero-order valence-electron chi connectivity index (χ0n) is 22.7. The number of halogens is 2. The van der Waals surface area contributed by atoms with Crippen LogP contribution in [0.15, 0.2) is 42.0 Å². The SMILES string of the molecule is C=C/C(=N\c1c(C)nc(CC2CCN(C(=O)c3ncc(Cc4ccc(Cl)cc4F)s3)CC2)n1C[C@@H]1CCO1)C(=O)O. The zero-order chi connectivity index (χ0) is 29.1. The van der Waals surface area contributed by atoms with Crippen LogP contribution in [0.3, 0.4) is 0 Å². The molecule has 1 aromatic carbocycles. The molecule has 0 bridgehead atoms. The molecule has 2 aliphatic rings. The average molecular weight is 600 g/mol. The minimum absolute atomic E-state index is 0.0483. The van der Waals surface area contributed by atoms with Crippen molar-refractivity contribution >= 4 is 46.3 Å². The van der Waals surface area contributed by atoms with Crippen LogP contribution in [0, 0.1) is 18.7 Å². The summed E-state index contributed by atoms with van der Waals surface area (Å²) in [5.41, 5.74) is 1.03. The predicted molar refractivity (Wildman–Crippen MR) is 155 cm³/mol. The zero-order valence-corrected chi connectivity index (χ0v) is 24.3. The summed E-state index contributed by atoms with van der Waals surface area (Å²) in [5.74, 6) is 0.0246. The van der Waals surface area contributed by atoms with Crippen molar-refractivity contribution in [2.45, 2.75) is 51.7 Å². The van der Waals surface area contributed by atoms with Gasteiger partial charge >= 0.3 is 5.97 Å². The summed E-state index contributed by atoms with van der Waals surface area (Å²) in [6.45, 7) is 7.87. The van der Waals surface area contributed by atoms with Crippen LogP contribution in [-0.2, 0) is 28.9 Å². The molecule has 2 aromatic heterocycles. The minimum Gasteiger partial charge on any atom is -0.477 e. The summed E-state index contributed by atoms with van der Waals surface area (Å²) >= 11 is 7.13. The number of piperidine rings is 1. The van der Waals surface area contributed by atoms with Gasteiger partial charge in [0.05, 0.1) is 18.3 Å². The maximum absolute atomic E-state index is 14.2. The second-order valence-electron chi connectivity index (χ2n) is 10.3. The lowest BCUT2D eigenvalue weighted by molar-refractivity contribution is -0.129. The maximum Gasteiger partial charge on any atom is 0.354 e. The number of amides is 1. The van der Waals surface area contributed by atoms with Gasteiger partial charge in [0, 0.05) is 48.6 Å². The van der Waals surface area contributed by atoms with Gasteiger partial charge in [-0.05, 0) is 55.9 Å². The molecule has 4 heterocycles. The van der Waals surface area contributed by atoms with Gasteiger partial charge in [-0.3, -0.25) is 4.79 Å². The van der Waals surface area contributed by atoms with Gasteiger partial charge in [-0.1, -0.05) is 24.2 Å². The van der Waals surface area contributed by atoms with Gasteiger partial charge in [-0.2, -0.15) is 0 Å². The average Bonchev–Trinajstić information content (AvgIpc) is 3.50. The first-order valence-electron chi connectivity index (χ1n) is 13.5. The molecule has 0 aliphatic carbocycles. The highest BCUT2D eigenvalue weighted by Crippen LogP contribution is 2.30. The highest BCUT2D eigenvalue weighted by molar-refractivity contribution is 7.13. The molecule has 0 saturated carbocycles. The van der Waals surface area contributed by atoms with Crippen LogP contribution in [0.25, 0.3) is 0 Å². The van der Waals surface area contributed by atoms with Crippen molar-refractivity contribution in [1.82, 2.24) is 19.4 Å². The van der Waals surface area contributed by atoms with Gasteiger partial charge < -0.3 is 19.3 Å². The Kier molecular flexibility index (Phi) is 8.96. The molecule has 0 radical (unpaired) electrons. The van der Waals surface area contributed by atoms with Crippen LogP contribution in [-0.4, -0.2) is 67.9 Å². The van der Waals surface area contributed by atoms with Gasteiger partial charge in [0.1, 0.15) is 17.4 Å². The quantitative estimate of drug-likeness (QED) is 0.318. The molecule has 2 aliphatic heterocycles. The number of likely N-dealkylation sites (tertiary alicyclic amines) is 1. The summed E-state index contributed by atoms with van der Waals surface area (Å²) in [6.07, 6.45) is 6.49. The van der Waals surface area contributed by atoms with E-state index in [0.717, 1.165) is 30.0 Å². The summed E-state index contributed by atoms with van der Waals surface area (Å²) in [6, 6.07) is 4.58. The second-order valence-corrected chi connectivity index (χ2v) is 11.9. The molecule has 1 N–H and O–H groups in total. The number of thiazole rings is 1. The van der Waals surface area contributed by atoms with Crippen LogP contribution < -0.4 is 0 Å². The molecule has 12 heteroatoms. The molecule has 216 valence electrons. The number of rotatable bonds is 10. The summed E-state index contributed by atoms with van der Waals surface area (Å²) in [5, 5.41) is 10.2. The Labute approximate surface area is 246 Å². The normalized spacial score (nSPS) is 17.9. The van der Waals surface area contributed by atoms with Crippen molar-refractivity contribution in [3.05, 3.63) is 74.9 Å². The van der Waals surface area contributed by atoms with E-state index < -0.39 is 5.97 Å². The van der Waals surface area contributed by atoms with Crippen molar-refractivity contribution in [3.63, 3.8) is 0 Å². The van der Waals surface area contributed by atoms with E-state index in [2.05, 4.69) is 16.6 Å². The van der Waals surface area contributed by atoms with E-state index >= 15 is 0 Å². The topological polar surface area (TPSA) is 110 Å². The number of nitrogens with zero attached hydrogens (tertiary/aromatic N) is 5. The van der Waals surface area contributed by atoms with Crippen molar-refractivity contribution in [2.24, 2.45) is 10.9 Å². The lowest BCUT2D eigenvalue weighted by atomic mass is 9.93. The highest BCUT2D eigenvalue weighted by Gasteiger charge is 2.29. The lowest BCUT2D eigenvalue weighted by Crippen LogP contribution is -2.39. The fourth-order valence-electron chi connectivity index (χ4n) is 5.11. The van der Waals surface area contributed by atoms with Crippen molar-refractivity contribution in [2.75, 3.05) is 19.7 Å². The number of carboxylic acids is 1. The van der Waals surface area contributed by atoms with E-state index in [-0.39, 0.29) is 23.5 Å². The van der Waals surface area contributed by atoms with Crippen LogP contribution in [0.4, 0.5) is 10.2 Å². The Hall–Kier alpha value is -3.41. The summed E-state index contributed by atoms with van der Waals surface area (Å²) in [7, 11) is 0. The molecule has 0 unspecified atom stereocenters. The molecule has 3 aromatic rings. The Morgan fingerprint density at radius 2 is 2.07 bits per heavy atom. The number of carbonyl (C=O) groups excluding carboxylic acids is 1. The van der Waals surface area contributed by atoms with Gasteiger partial charge in [0.25, 0.3) is 5.91 Å². The number of imidazole rings is 1. The highest BCUT2D eigenvalue weighted by atomic mass is 35.5. The third-order valence-electron chi connectivity index (χ3n) is 7.50. The number of ether oxygens (including phenoxy) is 1. The smallest absolute Gasteiger partial charge is 0.354 e. The van der Waals surface area contributed by atoms with Crippen molar-refractivity contribution < 1.29 is 23.8 Å². The van der Waals surface area contributed by atoms with Gasteiger partial charge in [-0.15, -0.1) is 11.3 Å². The number of carbonyl (C=O) groups is 2. The Morgan fingerprint density at radius 3 is 2.71 bits per heavy atom. The summed E-state index contributed by atoms with van der Waals surface area (Å²) < 4.78 is 21.8. The molecule has 1 atom stereocenters. The molecule has 9 nitrogen and oxygen atoms in total. The number of hydrogen-bond donors (Lipinski definition) is 1. The van der Waals surface area contributed by atoms with E-state index in [1.54, 1.807) is 18.3 Å². The lowest BCUT2D eigenvalue weighted by Gasteiger charge is -2.32. The number of benzene rings is 1. The number of aromatic nitrogens is 3. The number of aliphatic imine (C=N–C) groups is 1. The fraction of sp³-hybridized carbons (Fsp3) is 0.414. The van der Waals surface area contributed by atoms with E-state index in [0.29, 0.717) is 72.1 Å². The maximum atomic E-state index is 14.2. The van der Waals surface area contributed by atoms with E-state index in [9.17, 15) is 19.1 Å². The van der Waals surface area contributed by atoms with Crippen LogP contribution in [0.5, 0.6) is 0 Å². The van der Waals surface area contributed by atoms with Crippen LogP contribution in [0.2, 0.25) is 5.02 Å². The third kappa shape index (κ3) is 6.74. The molecule has 2 saturated heterocycles. The first kappa shape index (κ1) is 29.1. The molecule has 2 fully saturated rings. The summed E-state index contributed by atoms with van der Waals surface area (Å²) in [4.78, 5) is 40.8. The molecule has 1 amide bonds. The minimum atomic E-state index is -1.14. The van der Waals surface area contributed by atoms with E-state index in [1.165, 1.54) is 23.5 Å². The van der Waals surface area contributed by atoms with Crippen molar-refractivity contribution in [1.29, 1.82) is 0 Å². The first-order chi connectivity index (χ1) is 19.7. The van der Waals surface area contributed by atoms with Gasteiger partial charge in [0.2, 0.25) is 0 Å². The first-order valence-corrected chi connectivity index (χ1v) is 14.7. The number of hydrogen-bond acceptors (Lipinski definition) is 7. The van der Waals surface area contributed by atoms with E-state index in [1.807, 2.05) is 16.4 Å². The standard InChI is InChI=1S/C29H31ClFN5O4S/c1-3-24(29(38)39)34-26-17(2)33-25(36(26)16-21-8-11-40-21)12-18-6-9-35(10-7-18)28(37)27-32-15-22(41-27)13-19-4-5-20(30)14-23(19)31/h3-5,14-15,18,21H,1,6-13,16H2,2H3,(H,38,39)/b34-24+/t21-/m0/s1. The Morgan fingerprint density at radius 1 is 1.32 bits per heavy atom. The molecule has 5 rings (SSSR count). The molecular formula is C29H31ClFN5O4S. The Balaban J connectivity index is 1.23. The fourth-order valence-corrected chi connectivity index (χ4v) is 6.17. The van der Waals surface area contributed by atoms with E-state index in [4.69, 9.17) is 21.3 Å². The third-order valence-corrected chi connectivity index (χ3v) is 8.72. The van der Waals surface area contributed by atoms with Gasteiger partial charge in [0.15, 0.2) is 10.8 Å². The van der Waals surface area contributed by atoms with Gasteiger partial charge in [-0.25, -0.2) is 24.1 Å². The number of carboxylic acid groups (broad SMARTS) is 1. The Bertz CT molecular complexity index is 1490. The molecule has 0 spiro atoms. The largest absolute Gasteiger partial charge is 0.477 e. The second kappa shape index (κ2) is 12.6. The number of aryl methyl sites for hydroxylation is 1. The van der Waals surface area contributed by atoms with Crippen molar-refractivity contribution in [3.8, 4) is 0 Å². The van der Waals surface area contributed by atoms with Crippen LogP contribution in [0.1, 0.15) is 51.0 Å². The monoisotopic (exact) mass is 599 g/mol. The molecule has 41 heavy (non-hydrogen) atoms.